The van der Waals surface area contributed by atoms with Gasteiger partial charge in [0, 0.05) is 20.3 Å². The SMILES string of the molecule is Cc1c(I)ccc(/C(=N/O)c2ccccc2)c1O. The van der Waals surface area contributed by atoms with Gasteiger partial charge in [0.25, 0.3) is 0 Å². The molecular weight excluding hydrogens is 341 g/mol. The predicted octanol–water partition coefficient (Wildman–Crippen LogP) is 3.53. The Morgan fingerprint density at radius 1 is 1.11 bits per heavy atom. The Labute approximate surface area is 119 Å². The molecule has 0 heterocycles. The van der Waals surface area contributed by atoms with Crippen molar-refractivity contribution in [3.8, 4) is 5.75 Å². The van der Waals surface area contributed by atoms with Gasteiger partial charge in [-0.2, -0.15) is 0 Å². The molecular formula is C14H12INO2. The minimum atomic E-state index is 0.151. The van der Waals surface area contributed by atoms with E-state index in [2.05, 4.69) is 27.7 Å². The number of hydrogen-bond donors (Lipinski definition) is 2. The van der Waals surface area contributed by atoms with Crippen LogP contribution in [-0.4, -0.2) is 16.0 Å². The molecule has 0 aliphatic carbocycles. The normalized spacial score (nSPS) is 11.6. The Balaban J connectivity index is 2.58. The standard InChI is InChI=1S/C14H12INO2/c1-9-12(15)8-7-11(14(9)17)13(16-18)10-5-3-2-4-6-10/h2-8,17-18H,1H3/b16-13+. The number of hydrogen-bond acceptors (Lipinski definition) is 3. The number of oxime groups is 1. The molecule has 2 aromatic rings. The van der Waals surface area contributed by atoms with E-state index in [9.17, 15) is 10.3 Å². The van der Waals surface area contributed by atoms with E-state index in [0.29, 0.717) is 11.3 Å². The molecule has 2 aromatic carbocycles. The smallest absolute Gasteiger partial charge is 0.129 e. The van der Waals surface area contributed by atoms with E-state index in [1.165, 1.54) is 0 Å². The first-order chi connectivity index (χ1) is 8.65. The quantitative estimate of drug-likeness (QED) is 0.376. The van der Waals surface area contributed by atoms with Gasteiger partial charge >= 0.3 is 0 Å². The number of phenolic OH excluding ortho intramolecular Hbond substituents is 1. The fourth-order valence-corrected chi connectivity index (χ4v) is 2.17. The first kappa shape index (κ1) is 12.9. The third kappa shape index (κ3) is 2.33. The zero-order chi connectivity index (χ0) is 13.1. The van der Waals surface area contributed by atoms with E-state index >= 15 is 0 Å². The van der Waals surface area contributed by atoms with Crippen LogP contribution in [-0.2, 0) is 0 Å². The second-order valence-corrected chi connectivity index (χ2v) is 5.05. The average molecular weight is 353 g/mol. The zero-order valence-corrected chi connectivity index (χ0v) is 11.9. The number of nitrogens with zero attached hydrogens (tertiary/aromatic N) is 1. The number of phenols is 1. The summed E-state index contributed by atoms with van der Waals surface area (Å²) in [7, 11) is 0. The minimum absolute atomic E-state index is 0.151. The zero-order valence-electron chi connectivity index (χ0n) is 9.76. The summed E-state index contributed by atoms with van der Waals surface area (Å²) in [6.07, 6.45) is 0. The molecule has 4 heteroatoms. The monoisotopic (exact) mass is 353 g/mol. The Kier molecular flexibility index (Phi) is 3.86. The Hall–Kier alpha value is -1.56. The van der Waals surface area contributed by atoms with Crippen molar-refractivity contribution in [1.29, 1.82) is 0 Å². The highest BCUT2D eigenvalue weighted by atomic mass is 127. The number of rotatable bonds is 2. The van der Waals surface area contributed by atoms with Crippen LogP contribution in [0.15, 0.2) is 47.6 Å². The Bertz CT molecular complexity index is 594. The average Bonchev–Trinajstić information content (AvgIpc) is 2.41. The molecule has 0 amide bonds. The molecule has 0 bridgehead atoms. The van der Waals surface area contributed by atoms with Crippen LogP contribution in [0.25, 0.3) is 0 Å². The summed E-state index contributed by atoms with van der Waals surface area (Å²) in [4.78, 5) is 0. The highest BCUT2D eigenvalue weighted by molar-refractivity contribution is 14.1. The summed E-state index contributed by atoms with van der Waals surface area (Å²) in [6.45, 7) is 1.83. The molecule has 0 aliphatic heterocycles. The van der Waals surface area contributed by atoms with Crippen LogP contribution >= 0.6 is 22.6 Å². The summed E-state index contributed by atoms with van der Waals surface area (Å²) in [5, 5.41) is 22.7. The van der Waals surface area contributed by atoms with Gasteiger partial charge in [-0.05, 0) is 41.6 Å². The molecule has 0 unspecified atom stereocenters. The fourth-order valence-electron chi connectivity index (χ4n) is 1.73. The fraction of sp³-hybridized carbons (Fsp3) is 0.0714. The van der Waals surface area contributed by atoms with Crippen molar-refractivity contribution in [3.63, 3.8) is 0 Å². The molecule has 2 rings (SSSR count). The van der Waals surface area contributed by atoms with Gasteiger partial charge in [0.2, 0.25) is 0 Å². The van der Waals surface area contributed by atoms with E-state index in [-0.39, 0.29) is 5.75 Å². The van der Waals surface area contributed by atoms with Gasteiger partial charge in [-0.1, -0.05) is 35.5 Å². The van der Waals surface area contributed by atoms with E-state index < -0.39 is 0 Å². The van der Waals surface area contributed by atoms with Gasteiger partial charge in [-0.25, -0.2) is 0 Å². The summed E-state index contributed by atoms with van der Waals surface area (Å²) < 4.78 is 0.971. The van der Waals surface area contributed by atoms with E-state index in [1.807, 2.05) is 43.3 Å². The molecule has 3 nitrogen and oxygen atoms in total. The number of halogens is 1. The third-order valence-corrected chi connectivity index (χ3v) is 3.94. The van der Waals surface area contributed by atoms with Crippen molar-refractivity contribution >= 4 is 28.3 Å². The molecule has 0 aromatic heterocycles. The predicted molar refractivity (Wildman–Crippen MR) is 79.4 cm³/mol. The lowest BCUT2D eigenvalue weighted by molar-refractivity contribution is 0.319. The van der Waals surface area contributed by atoms with Crippen molar-refractivity contribution in [2.75, 3.05) is 0 Å². The van der Waals surface area contributed by atoms with Crippen molar-refractivity contribution in [2.24, 2.45) is 5.16 Å². The molecule has 92 valence electrons. The summed E-state index contributed by atoms with van der Waals surface area (Å²) in [5.74, 6) is 0.151. The number of benzene rings is 2. The first-order valence-electron chi connectivity index (χ1n) is 5.41. The molecule has 0 aliphatic rings. The van der Waals surface area contributed by atoms with Crippen molar-refractivity contribution < 1.29 is 10.3 Å². The highest BCUT2D eigenvalue weighted by Gasteiger charge is 2.14. The lowest BCUT2D eigenvalue weighted by atomic mass is 9.99. The summed E-state index contributed by atoms with van der Waals surface area (Å²) in [6, 6.07) is 12.9. The topological polar surface area (TPSA) is 52.8 Å². The maximum absolute atomic E-state index is 10.1. The van der Waals surface area contributed by atoms with Gasteiger partial charge in [0.15, 0.2) is 0 Å². The lowest BCUT2D eigenvalue weighted by Crippen LogP contribution is -2.04. The molecule has 0 atom stereocenters. The molecule has 0 saturated carbocycles. The summed E-state index contributed by atoms with van der Waals surface area (Å²) in [5.41, 5.74) is 2.44. The second kappa shape index (κ2) is 5.39. The Morgan fingerprint density at radius 2 is 1.78 bits per heavy atom. The van der Waals surface area contributed by atoms with Gasteiger partial charge in [0.1, 0.15) is 11.5 Å². The summed E-state index contributed by atoms with van der Waals surface area (Å²) >= 11 is 2.15. The largest absolute Gasteiger partial charge is 0.507 e. The minimum Gasteiger partial charge on any atom is -0.507 e. The van der Waals surface area contributed by atoms with Crippen LogP contribution < -0.4 is 0 Å². The van der Waals surface area contributed by atoms with Crippen LogP contribution in [0.2, 0.25) is 0 Å². The van der Waals surface area contributed by atoms with Crippen LogP contribution in [0, 0.1) is 10.5 Å². The van der Waals surface area contributed by atoms with Crippen LogP contribution in [0.3, 0.4) is 0 Å². The third-order valence-electron chi connectivity index (χ3n) is 2.77. The van der Waals surface area contributed by atoms with Gasteiger partial charge in [-0.3, -0.25) is 0 Å². The number of aromatic hydroxyl groups is 1. The van der Waals surface area contributed by atoms with Crippen molar-refractivity contribution in [2.45, 2.75) is 6.92 Å². The second-order valence-electron chi connectivity index (χ2n) is 3.88. The Morgan fingerprint density at radius 3 is 2.39 bits per heavy atom. The van der Waals surface area contributed by atoms with Crippen molar-refractivity contribution in [1.82, 2.24) is 0 Å². The van der Waals surface area contributed by atoms with Crippen LogP contribution in [0.4, 0.5) is 0 Å². The molecule has 18 heavy (non-hydrogen) atoms. The van der Waals surface area contributed by atoms with Gasteiger partial charge in [-0.15, -0.1) is 0 Å². The van der Waals surface area contributed by atoms with E-state index in [0.717, 1.165) is 14.7 Å². The lowest BCUT2D eigenvalue weighted by Gasteiger charge is -2.10. The molecule has 2 N–H and O–H groups in total. The van der Waals surface area contributed by atoms with Gasteiger partial charge < -0.3 is 10.3 Å². The van der Waals surface area contributed by atoms with E-state index in [1.54, 1.807) is 6.07 Å². The maximum atomic E-state index is 10.1. The first-order valence-corrected chi connectivity index (χ1v) is 6.49. The molecule has 0 spiro atoms. The maximum Gasteiger partial charge on any atom is 0.129 e. The molecule has 0 fully saturated rings. The molecule has 0 saturated heterocycles. The highest BCUT2D eigenvalue weighted by Crippen LogP contribution is 2.28. The van der Waals surface area contributed by atoms with Crippen LogP contribution in [0.1, 0.15) is 16.7 Å². The van der Waals surface area contributed by atoms with Crippen LogP contribution in [0.5, 0.6) is 5.75 Å². The van der Waals surface area contributed by atoms with Gasteiger partial charge in [0.05, 0.1) is 0 Å². The molecule has 0 radical (unpaired) electrons. The van der Waals surface area contributed by atoms with Crippen molar-refractivity contribution in [3.05, 3.63) is 62.7 Å². The van der Waals surface area contributed by atoms with E-state index in [4.69, 9.17) is 0 Å².